The molecule has 0 spiro atoms. The SMILES string of the molecule is CCCC(CC)(O[C]=O)c1ccc(C)cc1. The van der Waals surface area contributed by atoms with Gasteiger partial charge >= 0.3 is 6.47 Å². The van der Waals surface area contributed by atoms with Crippen LogP contribution in [0.15, 0.2) is 24.3 Å². The predicted octanol–water partition coefficient (Wildman–Crippen LogP) is 3.48. The maximum absolute atomic E-state index is 10.5. The molecule has 0 aliphatic heterocycles. The van der Waals surface area contributed by atoms with Crippen molar-refractivity contribution in [2.24, 2.45) is 0 Å². The Morgan fingerprint density at radius 3 is 2.31 bits per heavy atom. The molecule has 0 aliphatic rings. The summed E-state index contributed by atoms with van der Waals surface area (Å²) < 4.78 is 5.24. The van der Waals surface area contributed by atoms with Gasteiger partial charge in [-0.05, 0) is 25.3 Å². The van der Waals surface area contributed by atoms with Gasteiger partial charge in [-0.15, -0.1) is 0 Å². The number of hydrogen-bond donors (Lipinski definition) is 0. The molecular formula is C14H19O2. The molecule has 1 atom stereocenters. The third-order valence-electron chi connectivity index (χ3n) is 3.04. The van der Waals surface area contributed by atoms with Crippen molar-refractivity contribution >= 4 is 6.47 Å². The van der Waals surface area contributed by atoms with E-state index in [1.807, 2.05) is 38.1 Å². The van der Waals surface area contributed by atoms with Gasteiger partial charge in [-0.1, -0.05) is 50.1 Å². The van der Waals surface area contributed by atoms with Crippen LogP contribution < -0.4 is 0 Å². The fourth-order valence-electron chi connectivity index (χ4n) is 2.05. The molecule has 0 aromatic heterocycles. The van der Waals surface area contributed by atoms with E-state index in [0.29, 0.717) is 0 Å². The number of aryl methyl sites for hydroxylation is 1. The van der Waals surface area contributed by atoms with Gasteiger partial charge in [0.15, 0.2) is 0 Å². The molecule has 2 nitrogen and oxygen atoms in total. The average molecular weight is 219 g/mol. The first-order valence-corrected chi connectivity index (χ1v) is 5.81. The molecule has 0 fully saturated rings. The molecule has 0 heterocycles. The van der Waals surface area contributed by atoms with Crippen molar-refractivity contribution in [3.8, 4) is 0 Å². The number of hydrogen-bond acceptors (Lipinski definition) is 2. The highest BCUT2D eigenvalue weighted by atomic mass is 16.5. The molecule has 1 aromatic carbocycles. The first-order valence-electron chi connectivity index (χ1n) is 5.81. The van der Waals surface area contributed by atoms with Gasteiger partial charge in [-0.25, -0.2) is 4.79 Å². The zero-order chi connectivity index (χ0) is 12.0. The maximum Gasteiger partial charge on any atom is 0.418 e. The van der Waals surface area contributed by atoms with Crippen LogP contribution in [0.1, 0.15) is 44.2 Å². The Balaban J connectivity index is 3.07. The Bertz CT molecular complexity index is 329. The largest absolute Gasteiger partial charge is 0.446 e. The van der Waals surface area contributed by atoms with Crippen molar-refractivity contribution in [2.75, 3.05) is 0 Å². The van der Waals surface area contributed by atoms with E-state index in [1.165, 1.54) is 5.56 Å². The van der Waals surface area contributed by atoms with E-state index in [2.05, 4.69) is 6.92 Å². The quantitative estimate of drug-likeness (QED) is 0.732. The molecule has 87 valence electrons. The second kappa shape index (κ2) is 5.69. The minimum Gasteiger partial charge on any atom is -0.446 e. The number of ether oxygens (including phenoxy) is 1. The third-order valence-corrected chi connectivity index (χ3v) is 3.04. The molecule has 0 N–H and O–H groups in total. The highest BCUT2D eigenvalue weighted by Gasteiger charge is 2.31. The van der Waals surface area contributed by atoms with Crippen LogP contribution in [0.25, 0.3) is 0 Å². The number of benzene rings is 1. The molecule has 0 aliphatic carbocycles. The van der Waals surface area contributed by atoms with E-state index in [-0.39, 0.29) is 0 Å². The zero-order valence-corrected chi connectivity index (χ0v) is 10.2. The van der Waals surface area contributed by atoms with E-state index >= 15 is 0 Å². The molecule has 1 aromatic rings. The van der Waals surface area contributed by atoms with Crippen LogP contribution in [0.3, 0.4) is 0 Å². The Morgan fingerprint density at radius 1 is 1.25 bits per heavy atom. The number of rotatable bonds is 6. The van der Waals surface area contributed by atoms with Crippen LogP contribution in [-0.4, -0.2) is 6.47 Å². The summed E-state index contributed by atoms with van der Waals surface area (Å²) in [6.45, 7) is 7.78. The zero-order valence-electron chi connectivity index (χ0n) is 10.2. The van der Waals surface area contributed by atoms with Crippen LogP contribution >= 0.6 is 0 Å². The van der Waals surface area contributed by atoms with Crippen LogP contribution in [0.4, 0.5) is 0 Å². The van der Waals surface area contributed by atoms with Crippen molar-refractivity contribution in [2.45, 2.75) is 45.6 Å². The van der Waals surface area contributed by atoms with Crippen LogP contribution in [0, 0.1) is 6.92 Å². The minimum atomic E-state index is -0.496. The summed E-state index contributed by atoms with van der Waals surface area (Å²) in [6.07, 6.45) is 2.59. The van der Waals surface area contributed by atoms with E-state index in [9.17, 15) is 4.79 Å². The minimum absolute atomic E-state index is 0.496. The molecule has 0 saturated carbocycles. The summed E-state index contributed by atoms with van der Waals surface area (Å²) in [5, 5.41) is 0. The molecule has 1 rings (SSSR count). The lowest BCUT2D eigenvalue weighted by Gasteiger charge is -2.30. The average Bonchev–Trinajstić information content (AvgIpc) is 2.29. The Morgan fingerprint density at radius 2 is 1.88 bits per heavy atom. The topological polar surface area (TPSA) is 26.3 Å². The summed E-state index contributed by atoms with van der Waals surface area (Å²) >= 11 is 0. The van der Waals surface area contributed by atoms with Crippen LogP contribution in [0.2, 0.25) is 0 Å². The first kappa shape index (κ1) is 12.8. The predicted molar refractivity (Wildman–Crippen MR) is 64.8 cm³/mol. The van der Waals surface area contributed by atoms with Gasteiger partial charge in [0.05, 0.1) is 0 Å². The second-order valence-corrected chi connectivity index (χ2v) is 4.15. The van der Waals surface area contributed by atoms with Crippen LogP contribution in [-0.2, 0) is 15.1 Å². The lowest BCUT2D eigenvalue weighted by Crippen LogP contribution is -2.28. The van der Waals surface area contributed by atoms with Gasteiger partial charge in [-0.2, -0.15) is 0 Å². The normalized spacial score (nSPS) is 14.2. The van der Waals surface area contributed by atoms with E-state index in [1.54, 1.807) is 6.47 Å². The second-order valence-electron chi connectivity index (χ2n) is 4.15. The lowest BCUT2D eigenvalue weighted by atomic mass is 9.86. The van der Waals surface area contributed by atoms with Gasteiger partial charge in [-0.3, -0.25) is 0 Å². The summed E-state index contributed by atoms with van der Waals surface area (Å²) in [4.78, 5) is 10.5. The Hall–Kier alpha value is -1.31. The van der Waals surface area contributed by atoms with Crippen LogP contribution in [0.5, 0.6) is 0 Å². The van der Waals surface area contributed by atoms with Gasteiger partial charge in [0.25, 0.3) is 0 Å². The Kier molecular flexibility index (Phi) is 4.53. The third kappa shape index (κ3) is 2.63. The lowest BCUT2D eigenvalue weighted by molar-refractivity contribution is 0.0339. The molecule has 1 unspecified atom stereocenters. The van der Waals surface area contributed by atoms with Crippen molar-refractivity contribution < 1.29 is 9.53 Å². The van der Waals surface area contributed by atoms with E-state index < -0.39 is 5.60 Å². The molecule has 0 saturated heterocycles. The highest BCUT2D eigenvalue weighted by Crippen LogP contribution is 2.33. The summed E-state index contributed by atoms with van der Waals surface area (Å²) in [6, 6.07) is 8.16. The van der Waals surface area contributed by atoms with Crippen molar-refractivity contribution in [3.63, 3.8) is 0 Å². The molecule has 16 heavy (non-hydrogen) atoms. The molecule has 2 heteroatoms. The standard InChI is InChI=1S/C14H19O2/c1-4-10-14(5-2,16-11-15)13-8-6-12(3)7-9-13/h6-9H,4-5,10H2,1-3H3. The van der Waals surface area contributed by atoms with Gasteiger partial charge in [0.1, 0.15) is 5.60 Å². The molecular weight excluding hydrogens is 200 g/mol. The van der Waals surface area contributed by atoms with Crippen molar-refractivity contribution in [1.82, 2.24) is 0 Å². The van der Waals surface area contributed by atoms with Gasteiger partial charge in [0, 0.05) is 0 Å². The first-order chi connectivity index (χ1) is 7.68. The summed E-state index contributed by atoms with van der Waals surface area (Å²) in [5.74, 6) is 0. The van der Waals surface area contributed by atoms with Crippen molar-refractivity contribution in [1.29, 1.82) is 0 Å². The monoisotopic (exact) mass is 219 g/mol. The highest BCUT2D eigenvalue weighted by molar-refractivity contribution is 5.41. The van der Waals surface area contributed by atoms with Gasteiger partial charge in [0.2, 0.25) is 0 Å². The van der Waals surface area contributed by atoms with E-state index in [4.69, 9.17) is 4.74 Å². The molecule has 0 amide bonds. The fraction of sp³-hybridized carbons (Fsp3) is 0.500. The number of carbonyl (C=O) groups excluding carboxylic acids is 1. The fourth-order valence-corrected chi connectivity index (χ4v) is 2.05. The Labute approximate surface area is 97.6 Å². The van der Waals surface area contributed by atoms with Gasteiger partial charge < -0.3 is 4.74 Å². The summed E-state index contributed by atoms with van der Waals surface area (Å²) in [7, 11) is 0. The van der Waals surface area contributed by atoms with E-state index in [0.717, 1.165) is 24.8 Å². The molecule has 0 bridgehead atoms. The maximum atomic E-state index is 10.5. The van der Waals surface area contributed by atoms with Crippen molar-refractivity contribution in [3.05, 3.63) is 35.4 Å². The summed E-state index contributed by atoms with van der Waals surface area (Å²) in [5.41, 5.74) is 1.77. The smallest absolute Gasteiger partial charge is 0.418 e. The molecule has 1 radical (unpaired) electrons.